The molecule has 0 aliphatic carbocycles. The second-order valence-corrected chi connectivity index (χ2v) is 3.70. The Morgan fingerprint density at radius 2 is 2.33 bits per heavy atom. The first kappa shape index (κ1) is 12.2. The summed E-state index contributed by atoms with van der Waals surface area (Å²) in [6, 6.07) is 5.50. The number of benzene rings is 1. The van der Waals surface area contributed by atoms with Gasteiger partial charge in [-0.1, -0.05) is 11.8 Å². The van der Waals surface area contributed by atoms with Crippen molar-refractivity contribution in [3.63, 3.8) is 0 Å². The summed E-state index contributed by atoms with van der Waals surface area (Å²) in [5.74, 6) is 6.00. The van der Waals surface area contributed by atoms with Crippen LogP contribution in [0.25, 0.3) is 11.1 Å². The van der Waals surface area contributed by atoms with Gasteiger partial charge in [0, 0.05) is 12.5 Å². The van der Waals surface area contributed by atoms with Gasteiger partial charge in [-0.3, -0.25) is 4.79 Å². The number of oxazole rings is 1. The third-order valence-corrected chi connectivity index (χ3v) is 2.27. The van der Waals surface area contributed by atoms with E-state index in [1.54, 1.807) is 13.8 Å². The summed E-state index contributed by atoms with van der Waals surface area (Å²) in [4.78, 5) is 15.3. The predicted molar refractivity (Wildman–Crippen MR) is 66.9 cm³/mol. The van der Waals surface area contributed by atoms with Crippen molar-refractivity contribution in [2.24, 2.45) is 0 Å². The lowest BCUT2D eigenvalue weighted by atomic mass is 10.2. The zero-order valence-corrected chi connectivity index (χ0v) is 10.3. The number of esters is 1. The molecule has 0 amide bonds. The van der Waals surface area contributed by atoms with E-state index < -0.39 is 0 Å². The number of aromatic nitrogens is 1. The quantitative estimate of drug-likeness (QED) is 0.600. The largest absolute Gasteiger partial charge is 0.465 e. The Labute approximate surface area is 105 Å². The van der Waals surface area contributed by atoms with E-state index in [2.05, 4.69) is 16.8 Å². The van der Waals surface area contributed by atoms with Gasteiger partial charge in [0.05, 0.1) is 6.61 Å². The normalized spacial score (nSPS) is 9.89. The minimum Gasteiger partial charge on any atom is -0.465 e. The van der Waals surface area contributed by atoms with E-state index in [0.717, 1.165) is 16.7 Å². The van der Waals surface area contributed by atoms with Crippen molar-refractivity contribution < 1.29 is 13.9 Å². The van der Waals surface area contributed by atoms with Gasteiger partial charge >= 0.3 is 5.97 Å². The van der Waals surface area contributed by atoms with Crippen LogP contribution in [0.4, 0.5) is 0 Å². The molecule has 4 heteroatoms. The molecular weight excluding hydrogens is 230 g/mol. The molecule has 0 aliphatic heterocycles. The summed E-state index contributed by atoms with van der Waals surface area (Å²) < 4.78 is 10.1. The van der Waals surface area contributed by atoms with Gasteiger partial charge in [0.25, 0.3) is 0 Å². The molecule has 1 heterocycles. The van der Waals surface area contributed by atoms with Crippen molar-refractivity contribution in [1.29, 1.82) is 0 Å². The molecule has 0 fully saturated rings. The molecule has 2 rings (SSSR count). The maximum absolute atomic E-state index is 11.1. The molecule has 92 valence electrons. The molecule has 1 aromatic heterocycles. The molecule has 0 radical (unpaired) electrons. The summed E-state index contributed by atoms with van der Waals surface area (Å²) in [7, 11) is 0. The second kappa shape index (κ2) is 5.37. The molecule has 2 aromatic rings. The van der Waals surface area contributed by atoms with Crippen LogP contribution in [0, 0.1) is 18.8 Å². The lowest BCUT2D eigenvalue weighted by molar-refractivity contribution is -0.141. The van der Waals surface area contributed by atoms with Gasteiger partial charge in [-0.15, -0.1) is 0 Å². The summed E-state index contributed by atoms with van der Waals surface area (Å²) in [6.45, 7) is 3.95. The van der Waals surface area contributed by atoms with Gasteiger partial charge in [-0.25, -0.2) is 4.98 Å². The van der Waals surface area contributed by atoms with Crippen molar-refractivity contribution in [1.82, 2.24) is 4.98 Å². The van der Waals surface area contributed by atoms with Gasteiger partial charge in [-0.05, 0) is 25.1 Å². The molecule has 0 N–H and O–H groups in total. The van der Waals surface area contributed by atoms with E-state index in [4.69, 9.17) is 9.15 Å². The topological polar surface area (TPSA) is 52.3 Å². The minimum absolute atomic E-state index is 0.101. The average Bonchev–Trinajstić information content (AvgIpc) is 2.69. The maximum atomic E-state index is 11.1. The number of carbonyl (C=O) groups is 1. The smallest absolute Gasteiger partial charge is 0.317 e. The van der Waals surface area contributed by atoms with Crippen LogP contribution in [0.1, 0.15) is 24.8 Å². The molecule has 0 bridgehead atoms. The van der Waals surface area contributed by atoms with Crippen LogP contribution in [0.3, 0.4) is 0 Å². The fourth-order valence-electron chi connectivity index (χ4n) is 1.55. The van der Waals surface area contributed by atoms with Gasteiger partial charge < -0.3 is 9.15 Å². The molecule has 0 atom stereocenters. The summed E-state index contributed by atoms with van der Waals surface area (Å²) in [5.41, 5.74) is 2.32. The summed E-state index contributed by atoms with van der Waals surface area (Å²) >= 11 is 0. The number of hydrogen-bond acceptors (Lipinski definition) is 4. The van der Waals surface area contributed by atoms with E-state index in [1.165, 1.54) is 0 Å². The number of nitrogens with zero attached hydrogens (tertiary/aromatic N) is 1. The van der Waals surface area contributed by atoms with E-state index >= 15 is 0 Å². The lowest BCUT2D eigenvalue weighted by Crippen LogP contribution is -2.01. The van der Waals surface area contributed by atoms with Gasteiger partial charge in [-0.2, -0.15) is 0 Å². The highest BCUT2D eigenvalue weighted by atomic mass is 16.5. The number of aryl methyl sites for hydroxylation is 1. The maximum Gasteiger partial charge on any atom is 0.317 e. The SMILES string of the molecule is CCOC(=O)CC#Cc1ccc2oc(C)nc2c1. The number of hydrogen-bond donors (Lipinski definition) is 0. The molecule has 0 saturated heterocycles. The van der Waals surface area contributed by atoms with Crippen LogP contribution in [0.2, 0.25) is 0 Å². The molecular formula is C14H13NO3. The standard InChI is InChI=1S/C14H13NO3/c1-3-17-14(16)6-4-5-11-7-8-13-12(9-11)15-10(2)18-13/h7-9H,3,6H2,1-2H3. The molecule has 0 unspecified atom stereocenters. The van der Waals surface area contributed by atoms with Crippen LogP contribution < -0.4 is 0 Å². The molecule has 18 heavy (non-hydrogen) atoms. The van der Waals surface area contributed by atoms with E-state index in [9.17, 15) is 4.79 Å². The molecule has 0 aliphatic rings. The monoisotopic (exact) mass is 243 g/mol. The Hall–Kier alpha value is -2.28. The first-order valence-electron chi connectivity index (χ1n) is 5.70. The van der Waals surface area contributed by atoms with Crippen LogP contribution in [-0.4, -0.2) is 17.6 Å². The highest BCUT2D eigenvalue weighted by Gasteiger charge is 2.01. The van der Waals surface area contributed by atoms with Crippen molar-refractivity contribution in [2.75, 3.05) is 6.61 Å². The highest BCUT2D eigenvalue weighted by Crippen LogP contribution is 2.16. The fraction of sp³-hybridized carbons (Fsp3) is 0.286. The number of ether oxygens (including phenoxy) is 1. The lowest BCUT2D eigenvalue weighted by Gasteiger charge is -1.94. The molecule has 4 nitrogen and oxygen atoms in total. The Morgan fingerprint density at radius 1 is 1.50 bits per heavy atom. The van der Waals surface area contributed by atoms with Crippen molar-refractivity contribution in [3.8, 4) is 11.8 Å². The number of fused-ring (bicyclic) bond motifs is 1. The first-order chi connectivity index (χ1) is 8.69. The Morgan fingerprint density at radius 3 is 3.11 bits per heavy atom. The number of rotatable bonds is 2. The van der Waals surface area contributed by atoms with Crippen LogP contribution in [-0.2, 0) is 9.53 Å². The third kappa shape index (κ3) is 2.89. The Kier molecular flexibility index (Phi) is 3.63. The van der Waals surface area contributed by atoms with E-state index in [-0.39, 0.29) is 12.4 Å². The average molecular weight is 243 g/mol. The zero-order chi connectivity index (χ0) is 13.0. The Balaban J connectivity index is 2.12. The van der Waals surface area contributed by atoms with Crippen LogP contribution >= 0.6 is 0 Å². The minimum atomic E-state index is -0.302. The van der Waals surface area contributed by atoms with Crippen LogP contribution in [0.5, 0.6) is 0 Å². The molecule has 1 aromatic carbocycles. The molecule has 0 saturated carbocycles. The summed E-state index contributed by atoms with van der Waals surface area (Å²) in [6.07, 6.45) is 0.101. The van der Waals surface area contributed by atoms with Gasteiger partial charge in [0.15, 0.2) is 11.5 Å². The van der Waals surface area contributed by atoms with Crippen molar-refractivity contribution in [2.45, 2.75) is 20.3 Å². The second-order valence-electron chi connectivity index (χ2n) is 3.70. The van der Waals surface area contributed by atoms with Gasteiger partial charge in [0.2, 0.25) is 0 Å². The first-order valence-corrected chi connectivity index (χ1v) is 5.70. The van der Waals surface area contributed by atoms with Crippen LogP contribution in [0.15, 0.2) is 22.6 Å². The van der Waals surface area contributed by atoms with Gasteiger partial charge in [0.1, 0.15) is 11.9 Å². The Bertz CT molecular complexity index is 631. The zero-order valence-electron chi connectivity index (χ0n) is 10.3. The van der Waals surface area contributed by atoms with Crippen molar-refractivity contribution in [3.05, 3.63) is 29.7 Å². The third-order valence-electron chi connectivity index (χ3n) is 2.27. The van der Waals surface area contributed by atoms with E-state index in [0.29, 0.717) is 12.5 Å². The predicted octanol–water partition coefficient (Wildman–Crippen LogP) is 2.44. The van der Waals surface area contributed by atoms with E-state index in [1.807, 2.05) is 18.2 Å². The summed E-state index contributed by atoms with van der Waals surface area (Å²) in [5, 5.41) is 0. The fourth-order valence-corrected chi connectivity index (χ4v) is 1.55. The number of carbonyl (C=O) groups excluding carboxylic acids is 1. The van der Waals surface area contributed by atoms with Crippen molar-refractivity contribution >= 4 is 17.1 Å². The highest BCUT2D eigenvalue weighted by molar-refractivity contribution is 5.75. The molecule has 0 spiro atoms.